The lowest BCUT2D eigenvalue weighted by molar-refractivity contribution is 0.189. The van der Waals surface area contributed by atoms with Gasteiger partial charge >= 0.3 is 0 Å². The van der Waals surface area contributed by atoms with Crippen LogP contribution in [0.25, 0.3) is 0 Å². The van der Waals surface area contributed by atoms with Gasteiger partial charge in [-0.05, 0) is 38.0 Å². The topological polar surface area (TPSA) is 60.2 Å². The van der Waals surface area contributed by atoms with Crippen molar-refractivity contribution >= 4 is 11.6 Å². The molecule has 1 aliphatic rings. The van der Waals surface area contributed by atoms with E-state index in [1.807, 2.05) is 0 Å². The molecule has 2 aromatic rings. The molecule has 0 amide bonds. The van der Waals surface area contributed by atoms with Gasteiger partial charge in [0, 0.05) is 23.6 Å². The maximum Gasteiger partial charge on any atom is 0.171 e. The third-order valence-corrected chi connectivity index (χ3v) is 3.95. The van der Waals surface area contributed by atoms with Crippen molar-refractivity contribution in [1.29, 1.82) is 0 Å². The highest BCUT2D eigenvalue weighted by atomic mass is 35.5. The van der Waals surface area contributed by atoms with E-state index < -0.39 is 6.10 Å². The Hall–Kier alpha value is -1.59. The van der Waals surface area contributed by atoms with E-state index in [4.69, 9.17) is 16.3 Å². The molecule has 0 aliphatic carbocycles. The summed E-state index contributed by atoms with van der Waals surface area (Å²) in [5.74, 6) is 2.49. The summed E-state index contributed by atoms with van der Waals surface area (Å²) in [5.41, 5.74) is 0.681. The summed E-state index contributed by atoms with van der Waals surface area (Å²) in [6.45, 7) is 2.98. The van der Waals surface area contributed by atoms with Crippen LogP contribution < -0.4 is 4.74 Å². The van der Waals surface area contributed by atoms with Gasteiger partial charge in [-0.3, -0.25) is 0 Å². The second-order valence-corrected chi connectivity index (χ2v) is 5.72. The third kappa shape index (κ3) is 3.04. The molecule has 112 valence electrons. The number of benzene rings is 1. The van der Waals surface area contributed by atoms with Crippen LogP contribution in [-0.2, 0) is 19.6 Å². The molecule has 1 N–H and O–H groups in total. The SMILES string of the molecule is C[C@@H](O)c1cc(Cl)ccc1OCc1nnc2n1CCCC2. The van der Waals surface area contributed by atoms with E-state index in [-0.39, 0.29) is 0 Å². The summed E-state index contributed by atoms with van der Waals surface area (Å²) in [4.78, 5) is 0. The maximum absolute atomic E-state index is 9.81. The molecule has 3 rings (SSSR count). The molecule has 0 unspecified atom stereocenters. The molecule has 2 heterocycles. The van der Waals surface area contributed by atoms with Gasteiger partial charge in [0.25, 0.3) is 0 Å². The van der Waals surface area contributed by atoms with E-state index >= 15 is 0 Å². The zero-order valence-corrected chi connectivity index (χ0v) is 12.7. The predicted octanol–water partition coefficient (Wildman–Crippen LogP) is 2.90. The van der Waals surface area contributed by atoms with E-state index in [9.17, 15) is 5.11 Å². The Morgan fingerprint density at radius 3 is 3.05 bits per heavy atom. The molecular formula is C15H18ClN3O2. The van der Waals surface area contributed by atoms with Crippen molar-refractivity contribution in [3.8, 4) is 5.75 Å². The average molecular weight is 308 g/mol. The molecule has 21 heavy (non-hydrogen) atoms. The zero-order valence-electron chi connectivity index (χ0n) is 11.9. The van der Waals surface area contributed by atoms with Crippen molar-refractivity contribution in [3.63, 3.8) is 0 Å². The zero-order chi connectivity index (χ0) is 14.8. The molecular weight excluding hydrogens is 290 g/mol. The van der Waals surface area contributed by atoms with E-state index in [0.717, 1.165) is 31.0 Å². The van der Waals surface area contributed by atoms with E-state index in [2.05, 4.69) is 14.8 Å². The predicted molar refractivity (Wildman–Crippen MR) is 79.4 cm³/mol. The molecule has 1 aliphatic heterocycles. The summed E-state index contributed by atoms with van der Waals surface area (Å²) in [6, 6.07) is 5.25. The van der Waals surface area contributed by atoms with Crippen LogP contribution in [0.1, 0.15) is 43.1 Å². The Balaban J connectivity index is 1.77. The Labute approximate surface area is 128 Å². The van der Waals surface area contributed by atoms with Crippen LogP contribution in [0.5, 0.6) is 5.75 Å². The number of halogens is 1. The van der Waals surface area contributed by atoms with Crippen molar-refractivity contribution in [2.45, 2.75) is 45.4 Å². The first-order valence-corrected chi connectivity index (χ1v) is 7.54. The van der Waals surface area contributed by atoms with Gasteiger partial charge in [0.2, 0.25) is 0 Å². The minimum Gasteiger partial charge on any atom is -0.485 e. The first-order chi connectivity index (χ1) is 10.1. The number of hydrogen-bond acceptors (Lipinski definition) is 4. The number of nitrogens with zero attached hydrogens (tertiary/aromatic N) is 3. The van der Waals surface area contributed by atoms with Gasteiger partial charge in [0.15, 0.2) is 5.82 Å². The number of hydrogen-bond donors (Lipinski definition) is 1. The standard InChI is InChI=1S/C15H18ClN3O2/c1-10(20)12-8-11(16)5-6-13(12)21-9-15-18-17-14-4-2-3-7-19(14)15/h5-6,8,10,20H,2-4,7,9H2,1H3/t10-/m1/s1. The number of aliphatic hydroxyl groups excluding tert-OH is 1. The fraction of sp³-hybridized carbons (Fsp3) is 0.467. The monoisotopic (exact) mass is 307 g/mol. The highest BCUT2D eigenvalue weighted by Gasteiger charge is 2.17. The van der Waals surface area contributed by atoms with Crippen molar-refractivity contribution in [1.82, 2.24) is 14.8 Å². The van der Waals surface area contributed by atoms with Crippen molar-refractivity contribution in [3.05, 3.63) is 40.4 Å². The van der Waals surface area contributed by atoms with Crippen LogP contribution in [0.3, 0.4) is 0 Å². The third-order valence-electron chi connectivity index (χ3n) is 3.71. The number of rotatable bonds is 4. The van der Waals surface area contributed by atoms with Gasteiger partial charge in [0.1, 0.15) is 18.2 Å². The Morgan fingerprint density at radius 1 is 1.38 bits per heavy atom. The largest absolute Gasteiger partial charge is 0.485 e. The highest BCUT2D eigenvalue weighted by molar-refractivity contribution is 6.30. The van der Waals surface area contributed by atoms with E-state index in [1.165, 1.54) is 6.42 Å². The number of aliphatic hydroxyl groups is 1. The molecule has 0 spiro atoms. The lowest BCUT2D eigenvalue weighted by Gasteiger charge is -2.16. The van der Waals surface area contributed by atoms with Crippen molar-refractivity contribution < 1.29 is 9.84 Å². The first-order valence-electron chi connectivity index (χ1n) is 7.16. The molecule has 0 saturated carbocycles. The van der Waals surface area contributed by atoms with Crippen LogP contribution in [0, 0.1) is 0 Å². The number of ether oxygens (including phenoxy) is 1. The second kappa shape index (κ2) is 6.03. The molecule has 0 saturated heterocycles. The van der Waals surface area contributed by atoms with Crippen LogP contribution in [0.4, 0.5) is 0 Å². The van der Waals surface area contributed by atoms with Crippen molar-refractivity contribution in [2.24, 2.45) is 0 Å². The lowest BCUT2D eigenvalue weighted by atomic mass is 10.1. The molecule has 6 heteroatoms. The first kappa shape index (κ1) is 14.4. The minimum absolute atomic E-state index is 0.342. The van der Waals surface area contributed by atoms with Crippen LogP contribution in [0.2, 0.25) is 5.02 Å². The summed E-state index contributed by atoms with van der Waals surface area (Å²) in [6.07, 6.45) is 2.67. The van der Waals surface area contributed by atoms with Crippen LogP contribution in [0.15, 0.2) is 18.2 Å². The van der Waals surface area contributed by atoms with Gasteiger partial charge in [0.05, 0.1) is 6.10 Å². The molecule has 5 nitrogen and oxygen atoms in total. The van der Waals surface area contributed by atoms with Gasteiger partial charge in [-0.15, -0.1) is 10.2 Å². The van der Waals surface area contributed by atoms with Crippen molar-refractivity contribution in [2.75, 3.05) is 0 Å². The smallest absolute Gasteiger partial charge is 0.171 e. The number of fused-ring (bicyclic) bond motifs is 1. The van der Waals surface area contributed by atoms with E-state index in [1.54, 1.807) is 25.1 Å². The van der Waals surface area contributed by atoms with Crippen LogP contribution >= 0.6 is 11.6 Å². The molecule has 1 aromatic carbocycles. The normalized spacial score (nSPS) is 15.6. The minimum atomic E-state index is -0.633. The Bertz CT molecular complexity index is 640. The quantitative estimate of drug-likeness (QED) is 0.943. The Kier molecular flexibility index (Phi) is 4.12. The molecule has 1 atom stereocenters. The molecule has 0 radical (unpaired) electrons. The molecule has 1 aromatic heterocycles. The molecule has 0 bridgehead atoms. The van der Waals surface area contributed by atoms with Gasteiger partial charge in [-0.1, -0.05) is 11.6 Å². The van der Waals surface area contributed by atoms with Gasteiger partial charge in [-0.2, -0.15) is 0 Å². The molecule has 0 fully saturated rings. The Morgan fingerprint density at radius 2 is 2.24 bits per heavy atom. The average Bonchev–Trinajstić information content (AvgIpc) is 2.89. The van der Waals surface area contributed by atoms with Crippen LogP contribution in [-0.4, -0.2) is 19.9 Å². The second-order valence-electron chi connectivity index (χ2n) is 5.29. The van der Waals surface area contributed by atoms with Gasteiger partial charge in [-0.25, -0.2) is 0 Å². The number of aromatic nitrogens is 3. The summed E-state index contributed by atoms with van der Waals surface area (Å²) in [5, 5.41) is 18.8. The fourth-order valence-electron chi connectivity index (χ4n) is 2.59. The van der Waals surface area contributed by atoms with Gasteiger partial charge < -0.3 is 14.4 Å². The highest BCUT2D eigenvalue weighted by Crippen LogP contribution is 2.29. The maximum atomic E-state index is 9.81. The summed E-state index contributed by atoms with van der Waals surface area (Å²) < 4.78 is 7.95. The van der Waals surface area contributed by atoms with E-state index in [0.29, 0.717) is 22.9 Å². The number of aryl methyl sites for hydroxylation is 1. The summed E-state index contributed by atoms with van der Waals surface area (Å²) in [7, 11) is 0. The lowest BCUT2D eigenvalue weighted by Crippen LogP contribution is -2.14. The fourth-order valence-corrected chi connectivity index (χ4v) is 2.78. The summed E-state index contributed by atoms with van der Waals surface area (Å²) >= 11 is 5.96.